The molecule has 10 heteroatoms. The normalized spacial score (nSPS) is 12.7. The number of pyridine rings is 1. The summed E-state index contributed by atoms with van der Waals surface area (Å²) < 4.78 is 38.3. The Balaban J connectivity index is 2.14. The van der Waals surface area contributed by atoms with E-state index in [9.17, 15) is 13.2 Å². The van der Waals surface area contributed by atoms with E-state index >= 15 is 0 Å². The molecule has 3 rings (SSSR count). The minimum absolute atomic E-state index is 0.0322. The van der Waals surface area contributed by atoms with Gasteiger partial charge < -0.3 is 11.1 Å². The summed E-state index contributed by atoms with van der Waals surface area (Å²) in [7, 11) is 0. The number of amidine groups is 1. The van der Waals surface area contributed by atoms with Crippen LogP contribution in [0.25, 0.3) is 21.0 Å². The van der Waals surface area contributed by atoms with E-state index in [2.05, 4.69) is 20.6 Å². The highest BCUT2D eigenvalue weighted by Gasteiger charge is 2.27. The molecule has 6 nitrogen and oxygen atoms in total. The highest BCUT2D eigenvalue weighted by molar-refractivity contribution is 7.18. The molecule has 0 spiro atoms. The van der Waals surface area contributed by atoms with Crippen molar-refractivity contribution in [2.45, 2.75) is 6.18 Å². The Morgan fingerprint density at radius 3 is 2.79 bits per heavy atom. The van der Waals surface area contributed by atoms with Gasteiger partial charge in [0.2, 0.25) is 0 Å². The molecule has 0 radical (unpaired) electrons. The van der Waals surface area contributed by atoms with E-state index in [0.717, 1.165) is 10.1 Å². The molecule has 0 atom stereocenters. The fourth-order valence-corrected chi connectivity index (χ4v) is 3.22. The van der Waals surface area contributed by atoms with Crippen LogP contribution in [-0.4, -0.2) is 23.5 Å². The second-order valence-corrected chi connectivity index (χ2v) is 5.83. The SMILES string of the molecule is N=N/N=C(\N)c1ccc2c(c1)nc(NCC(F)(F)F)c1ccsc12. The molecule has 0 saturated carbocycles. The van der Waals surface area contributed by atoms with Crippen LogP contribution in [0, 0.1) is 5.53 Å². The van der Waals surface area contributed by atoms with Gasteiger partial charge in [0.15, 0.2) is 5.84 Å². The van der Waals surface area contributed by atoms with E-state index in [1.807, 2.05) is 0 Å². The second-order valence-electron chi connectivity index (χ2n) is 4.91. The zero-order valence-electron chi connectivity index (χ0n) is 12.1. The molecule has 124 valence electrons. The lowest BCUT2D eigenvalue weighted by Gasteiger charge is -2.11. The third-order valence-electron chi connectivity index (χ3n) is 3.30. The van der Waals surface area contributed by atoms with Crippen molar-refractivity contribution < 1.29 is 13.2 Å². The molecule has 0 aliphatic carbocycles. The average molecular weight is 352 g/mol. The molecule has 0 unspecified atom stereocenters. The zero-order chi connectivity index (χ0) is 17.3. The molecule has 24 heavy (non-hydrogen) atoms. The van der Waals surface area contributed by atoms with Crippen molar-refractivity contribution in [3.8, 4) is 0 Å². The van der Waals surface area contributed by atoms with Crippen LogP contribution < -0.4 is 11.1 Å². The Morgan fingerprint density at radius 1 is 1.29 bits per heavy atom. The van der Waals surface area contributed by atoms with Crippen LogP contribution in [0.1, 0.15) is 5.56 Å². The lowest BCUT2D eigenvalue weighted by molar-refractivity contribution is -0.115. The third kappa shape index (κ3) is 3.13. The molecular weight excluding hydrogens is 341 g/mol. The van der Waals surface area contributed by atoms with Crippen LogP contribution in [0.3, 0.4) is 0 Å². The molecule has 0 fully saturated rings. The fraction of sp³-hybridized carbons (Fsp3) is 0.143. The number of nitrogens with two attached hydrogens (primary N) is 1. The Hall–Kier alpha value is -2.75. The highest BCUT2D eigenvalue weighted by Crippen LogP contribution is 2.34. The van der Waals surface area contributed by atoms with Crippen LogP contribution in [0.2, 0.25) is 0 Å². The maximum Gasteiger partial charge on any atom is 0.405 e. The van der Waals surface area contributed by atoms with E-state index in [0.29, 0.717) is 16.5 Å². The van der Waals surface area contributed by atoms with E-state index in [1.165, 1.54) is 11.3 Å². The quantitative estimate of drug-likeness (QED) is 0.285. The Kier molecular flexibility index (Phi) is 4.06. The largest absolute Gasteiger partial charge is 0.405 e. The van der Waals surface area contributed by atoms with E-state index in [4.69, 9.17) is 11.3 Å². The molecule has 1 aromatic carbocycles. The number of hydrogen-bond donors (Lipinski definition) is 3. The van der Waals surface area contributed by atoms with Gasteiger partial charge >= 0.3 is 6.18 Å². The van der Waals surface area contributed by atoms with Crippen molar-refractivity contribution in [3.63, 3.8) is 0 Å². The number of fused-ring (bicyclic) bond motifs is 3. The second kappa shape index (κ2) is 6.04. The minimum atomic E-state index is -4.34. The number of aromatic nitrogens is 1. The third-order valence-corrected chi connectivity index (χ3v) is 4.25. The zero-order valence-corrected chi connectivity index (χ0v) is 12.9. The molecular formula is C14H11F3N6S. The summed E-state index contributed by atoms with van der Waals surface area (Å²) in [6.45, 7) is -1.17. The maximum atomic E-state index is 12.5. The first-order chi connectivity index (χ1) is 11.4. The van der Waals surface area contributed by atoms with Crippen molar-refractivity contribution in [1.82, 2.24) is 4.98 Å². The average Bonchev–Trinajstić information content (AvgIpc) is 3.01. The molecule has 0 saturated heterocycles. The lowest BCUT2D eigenvalue weighted by atomic mass is 10.1. The number of anilines is 1. The van der Waals surface area contributed by atoms with Crippen molar-refractivity contribution >= 4 is 44.0 Å². The number of rotatable bonds is 4. The van der Waals surface area contributed by atoms with Gasteiger partial charge in [0.1, 0.15) is 12.4 Å². The highest BCUT2D eigenvalue weighted by atomic mass is 32.1. The first-order valence-electron chi connectivity index (χ1n) is 6.71. The standard InChI is InChI=1S/C14H11F3N6S/c15-14(16,17)6-20-13-9-3-4-24-11(9)8-2-1-7(5-10(8)21-13)12(18)22-23-19/h1-5H,6H2,(H,20,21)(H3,18,19,22). The number of thiophene rings is 1. The summed E-state index contributed by atoms with van der Waals surface area (Å²) in [5, 5.41) is 11.9. The van der Waals surface area contributed by atoms with Gasteiger partial charge in [-0.1, -0.05) is 17.4 Å². The number of hydrogen-bond acceptors (Lipinski definition) is 5. The monoisotopic (exact) mass is 352 g/mol. The Labute approximate surface area is 137 Å². The summed E-state index contributed by atoms with van der Waals surface area (Å²) in [5.41, 5.74) is 13.4. The molecule has 0 aliphatic rings. The topological polar surface area (TPSA) is 99.5 Å². The summed E-state index contributed by atoms with van der Waals surface area (Å²) in [6, 6.07) is 6.82. The molecule has 0 aliphatic heterocycles. The van der Waals surface area contributed by atoms with Gasteiger partial charge in [-0.3, -0.25) is 0 Å². The van der Waals surface area contributed by atoms with Crippen LogP contribution in [0.5, 0.6) is 0 Å². The maximum absolute atomic E-state index is 12.5. The van der Waals surface area contributed by atoms with Gasteiger partial charge in [-0.05, 0) is 17.5 Å². The molecule has 0 bridgehead atoms. The Bertz CT molecular complexity index is 947. The summed E-state index contributed by atoms with van der Waals surface area (Å²) in [6.07, 6.45) is -4.34. The van der Waals surface area contributed by atoms with Crippen molar-refractivity contribution in [2.75, 3.05) is 11.9 Å². The first-order valence-corrected chi connectivity index (χ1v) is 7.59. The molecule has 0 amide bonds. The van der Waals surface area contributed by atoms with E-state index < -0.39 is 12.7 Å². The molecule has 2 aromatic heterocycles. The van der Waals surface area contributed by atoms with Gasteiger partial charge in [0, 0.05) is 21.0 Å². The predicted molar refractivity (Wildman–Crippen MR) is 87.5 cm³/mol. The van der Waals surface area contributed by atoms with E-state index in [1.54, 1.807) is 29.6 Å². The molecule has 2 heterocycles. The first kappa shape index (κ1) is 16.1. The number of nitrogens with one attached hydrogen (secondary N) is 2. The van der Waals surface area contributed by atoms with Gasteiger partial charge in [0.05, 0.1) is 5.52 Å². The van der Waals surface area contributed by atoms with Crippen molar-refractivity contribution in [1.29, 1.82) is 5.53 Å². The van der Waals surface area contributed by atoms with Crippen LogP contribution in [0.4, 0.5) is 19.0 Å². The van der Waals surface area contributed by atoms with Gasteiger partial charge in [0.25, 0.3) is 0 Å². The van der Waals surface area contributed by atoms with Crippen LogP contribution in [0.15, 0.2) is 40.0 Å². The summed E-state index contributed by atoms with van der Waals surface area (Å²) in [4.78, 5) is 4.29. The van der Waals surface area contributed by atoms with Crippen LogP contribution >= 0.6 is 11.3 Å². The summed E-state index contributed by atoms with van der Waals surface area (Å²) >= 11 is 1.42. The van der Waals surface area contributed by atoms with Gasteiger partial charge in [-0.15, -0.1) is 16.4 Å². The number of alkyl halides is 3. The van der Waals surface area contributed by atoms with E-state index in [-0.39, 0.29) is 11.7 Å². The van der Waals surface area contributed by atoms with Crippen molar-refractivity contribution in [2.24, 2.45) is 16.1 Å². The fourth-order valence-electron chi connectivity index (χ4n) is 2.29. The molecule has 4 N–H and O–H groups in total. The van der Waals surface area contributed by atoms with Gasteiger partial charge in [-0.25, -0.2) is 4.98 Å². The van der Waals surface area contributed by atoms with Crippen LogP contribution in [-0.2, 0) is 0 Å². The van der Waals surface area contributed by atoms with Gasteiger partial charge in [-0.2, -0.15) is 18.7 Å². The number of nitrogens with zero attached hydrogens (tertiary/aromatic N) is 3. The number of benzene rings is 1. The number of halogens is 3. The lowest BCUT2D eigenvalue weighted by Crippen LogP contribution is -2.21. The van der Waals surface area contributed by atoms with Crippen molar-refractivity contribution in [3.05, 3.63) is 35.2 Å². The minimum Gasteiger partial charge on any atom is -0.382 e. The summed E-state index contributed by atoms with van der Waals surface area (Å²) in [5.74, 6) is 0.193. The molecule has 3 aromatic rings. The smallest absolute Gasteiger partial charge is 0.382 e. The predicted octanol–water partition coefficient (Wildman–Crippen LogP) is 4.07. The Morgan fingerprint density at radius 2 is 2.08 bits per heavy atom.